The molecule has 2 aliphatic rings. The first-order chi connectivity index (χ1) is 10.2. The second kappa shape index (κ2) is 6.60. The van der Waals surface area contributed by atoms with Gasteiger partial charge in [-0.2, -0.15) is 0 Å². The normalized spacial score (nSPS) is 25.8. The Hall–Kier alpha value is -1.36. The summed E-state index contributed by atoms with van der Waals surface area (Å²) in [5.74, 6) is 1.78. The highest BCUT2D eigenvalue weighted by Crippen LogP contribution is 2.40. The van der Waals surface area contributed by atoms with Crippen LogP contribution in [0, 0.1) is 5.92 Å². The Balaban J connectivity index is 1.37. The van der Waals surface area contributed by atoms with Crippen molar-refractivity contribution in [3.05, 3.63) is 17.5 Å². The zero-order valence-corrected chi connectivity index (χ0v) is 12.6. The summed E-state index contributed by atoms with van der Waals surface area (Å²) >= 11 is 0. The SMILES string of the molecule is CC1CCCCC1OCCNC(=O)c1cc(C2CC2)on1. The van der Waals surface area contributed by atoms with E-state index >= 15 is 0 Å². The molecule has 2 saturated carbocycles. The van der Waals surface area contributed by atoms with E-state index < -0.39 is 0 Å². The van der Waals surface area contributed by atoms with Crippen LogP contribution < -0.4 is 5.32 Å². The highest BCUT2D eigenvalue weighted by atomic mass is 16.5. The van der Waals surface area contributed by atoms with Crippen molar-refractivity contribution in [2.75, 3.05) is 13.2 Å². The molecule has 5 nitrogen and oxygen atoms in total. The molecule has 1 N–H and O–H groups in total. The summed E-state index contributed by atoms with van der Waals surface area (Å²) in [5, 5.41) is 6.67. The molecule has 0 aliphatic heterocycles. The van der Waals surface area contributed by atoms with Crippen molar-refractivity contribution in [3.63, 3.8) is 0 Å². The second-order valence-corrected chi connectivity index (χ2v) is 6.32. The van der Waals surface area contributed by atoms with Gasteiger partial charge in [0.05, 0.1) is 12.7 Å². The molecule has 5 heteroatoms. The highest BCUT2D eigenvalue weighted by molar-refractivity contribution is 5.92. The van der Waals surface area contributed by atoms with Crippen LogP contribution in [0.1, 0.15) is 67.6 Å². The average molecular weight is 292 g/mol. The number of amides is 1. The fourth-order valence-corrected chi connectivity index (χ4v) is 2.95. The number of ether oxygens (including phenoxy) is 1. The van der Waals surface area contributed by atoms with Crippen LogP contribution >= 0.6 is 0 Å². The van der Waals surface area contributed by atoms with Crippen molar-refractivity contribution in [3.8, 4) is 0 Å². The third-order valence-corrected chi connectivity index (χ3v) is 4.49. The molecule has 3 rings (SSSR count). The summed E-state index contributed by atoms with van der Waals surface area (Å²) in [6, 6.07) is 1.76. The standard InChI is InChI=1S/C16H24N2O3/c1-11-4-2-3-5-14(11)20-9-8-17-16(19)13-10-15(21-18-13)12-6-7-12/h10-12,14H,2-9H2,1H3,(H,17,19). The van der Waals surface area contributed by atoms with Crippen molar-refractivity contribution in [1.29, 1.82) is 0 Å². The van der Waals surface area contributed by atoms with E-state index in [1.54, 1.807) is 6.07 Å². The molecule has 1 aromatic rings. The molecule has 0 spiro atoms. The van der Waals surface area contributed by atoms with Gasteiger partial charge in [-0.1, -0.05) is 24.9 Å². The molecular formula is C16H24N2O3. The molecule has 2 unspecified atom stereocenters. The first kappa shape index (κ1) is 14.6. The zero-order valence-electron chi connectivity index (χ0n) is 12.6. The third kappa shape index (κ3) is 3.84. The predicted octanol–water partition coefficient (Wildman–Crippen LogP) is 2.88. The monoisotopic (exact) mass is 292 g/mol. The van der Waals surface area contributed by atoms with Crippen LogP contribution in [-0.4, -0.2) is 30.3 Å². The van der Waals surface area contributed by atoms with Gasteiger partial charge in [0.2, 0.25) is 0 Å². The quantitative estimate of drug-likeness (QED) is 0.819. The van der Waals surface area contributed by atoms with E-state index in [4.69, 9.17) is 9.26 Å². The van der Waals surface area contributed by atoms with E-state index in [9.17, 15) is 4.79 Å². The van der Waals surface area contributed by atoms with Crippen molar-refractivity contribution >= 4 is 5.91 Å². The van der Waals surface area contributed by atoms with Gasteiger partial charge < -0.3 is 14.6 Å². The molecule has 0 saturated heterocycles. The summed E-state index contributed by atoms with van der Waals surface area (Å²) in [6.45, 7) is 3.33. The lowest BCUT2D eigenvalue weighted by molar-refractivity contribution is -0.00296. The lowest BCUT2D eigenvalue weighted by atomic mass is 9.88. The maximum absolute atomic E-state index is 11.9. The van der Waals surface area contributed by atoms with E-state index in [2.05, 4.69) is 17.4 Å². The molecule has 2 fully saturated rings. The van der Waals surface area contributed by atoms with Crippen LogP contribution in [0.25, 0.3) is 0 Å². The van der Waals surface area contributed by atoms with Crippen molar-refractivity contribution in [2.45, 2.75) is 57.5 Å². The fourth-order valence-electron chi connectivity index (χ4n) is 2.95. The minimum atomic E-state index is -0.175. The molecule has 2 atom stereocenters. The van der Waals surface area contributed by atoms with Crippen LogP contribution in [0.2, 0.25) is 0 Å². The second-order valence-electron chi connectivity index (χ2n) is 6.32. The van der Waals surface area contributed by atoms with Crippen molar-refractivity contribution in [1.82, 2.24) is 10.5 Å². The van der Waals surface area contributed by atoms with Gasteiger partial charge in [-0.3, -0.25) is 4.79 Å². The molecular weight excluding hydrogens is 268 g/mol. The van der Waals surface area contributed by atoms with E-state index in [-0.39, 0.29) is 5.91 Å². The molecule has 0 aromatic carbocycles. The van der Waals surface area contributed by atoms with Crippen LogP contribution in [-0.2, 0) is 4.74 Å². The van der Waals surface area contributed by atoms with Gasteiger partial charge in [-0.05, 0) is 31.6 Å². The maximum Gasteiger partial charge on any atom is 0.273 e. The molecule has 2 aliphatic carbocycles. The van der Waals surface area contributed by atoms with Crippen LogP contribution in [0.15, 0.2) is 10.6 Å². The molecule has 21 heavy (non-hydrogen) atoms. The van der Waals surface area contributed by atoms with E-state index in [1.807, 2.05) is 0 Å². The largest absolute Gasteiger partial charge is 0.376 e. The van der Waals surface area contributed by atoms with Crippen LogP contribution in [0.4, 0.5) is 0 Å². The summed E-state index contributed by atoms with van der Waals surface area (Å²) in [6.07, 6.45) is 7.60. The van der Waals surface area contributed by atoms with E-state index in [0.29, 0.717) is 36.8 Å². The van der Waals surface area contributed by atoms with E-state index in [1.165, 1.54) is 19.3 Å². The third-order valence-electron chi connectivity index (χ3n) is 4.49. The maximum atomic E-state index is 11.9. The van der Waals surface area contributed by atoms with Gasteiger partial charge in [-0.15, -0.1) is 0 Å². The molecule has 0 bridgehead atoms. The topological polar surface area (TPSA) is 64.4 Å². The number of aromatic nitrogens is 1. The Bertz CT molecular complexity index is 482. The van der Waals surface area contributed by atoms with Gasteiger partial charge in [0.25, 0.3) is 5.91 Å². The summed E-state index contributed by atoms with van der Waals surface area (Å²) < 4.78 is 11.1. The number of nitrogens with one attached hydrogen (secondary N) is 1. The molecule has 1 heterocycles. The van der Waals surface area contributed by atoms with Crippen molar-refractivity contribution in [2.24, 2.45) is 5.92 Å². The fraction of sp³-hybridized carbons (Fsp3) is 0.750. The number of rotatable bonds is 6. The van der Waals surface area contributed by atoms with Crippen molar-refractivity contribution < 1.29 is 14.1 Å². The first-order valence-corrected chi connectivity index (χ1v) is 8.10. The molecule has 0 radical (unpaired) electrons. The summed E-state index contributed by atoms with van der Waals surface area (Å²) in [5.41, 5.74) is 0.378. The van der Waals surface area contributed by atoms with Gasteiger partial charge in [-0.25, -0.2) is 0 Å². The number of hydrogen-bond donors (Lipinski definition) is 1. The number of carbonyl (C=O) groups excluding carboxylic acids is 1. The van der Waals surface area contributed by atoms with Gasteiger partial charge in [0, 0.05) is 18.5 Å². The van der Waals surface area contributed by atoms with E-state index in [0.717, 1.165) is 25.0 Å². The number of nitrogens with zero attached hydrogens (tertiary/aromatic N) is 1. The Kier molecular flexibility index (Phi) is 4.58. The van der Waals surface area contributed by atoms with Gasteiger partial charge in [0.1, 0.15) is 5.76 Å². The minimum Gasteiger partial charge on any atom is -0.376 e. The number of carbonyl (C=O) groups is 1. The minimum absolute atomic E-state index is 0.175. The van der Waals surface area contributed by atoms with Crippen LogP contribution in [0.5, 0.6) is 0 Å². The Morgan fingerprint density at radius 1 is 1.38 bits per heavy atom. The number of hydrogen-bond acceptors (Lipinski definition) is 4. The smallest absolute Gasteiger partial charge is 0.273 e. The van der Waals surface area contributed by atoms with Crippen LogP contribution in [0.3, 0.4) is 0 Å². The Morgan fingerprint density at radius 2 is 2.19 bits per heavy atom. The molecule has 1 aromatic heterocycles. The predicted molar refractivity (Wildman–Crippen MR) is 78.2 cm³/mol. The average Bonchev–Trinajstić information content (AvgIpc) is 3.22. The molecule has 1 amide bonds. The highest BCUT2D eigenvalue weighted by Gasteiger charge is 2.28. The lowest BCUT2D eigenvalue weighted by Crippen LogP contribution is -2.31. The lowest BCUT2D eigenvalue weighted by Gasteiger charge is -2.28. The Morgan fingerprint density at radius 3 is 2.95 bits per heavy atom. The first-order valence-electron chi connectivity index (χ1n) is 8.10. The summed E-state index contributed by atoms with van der Waals surface area (Å²) in [4.78, 5) is 11.9. The summed E-state index contributed by atoms with van der Waals surface area (Å²) in [7, 11) is 0. The molecule has 116 valence electrons. The van der Waals surface area contributed by atoms with Gasteiger partial charge in [0.15, 0.2) is 5.69 Å². The Labute approximate surface area is 125 Å². The van der Waals surface area contributed by atoms with Gasteiger partial charge >= 0.3 is 0 Å². The zero-order chi connectivity index (χ0) is 14.7.